The van der Waals surface area contributed by atoms with Gasteiger partial charge in [-0.2, -0.15) is 0 Å². The SMILES string of the molecule is CCCC1CN(c2ccc(Br)c(C)n2)CCO1. The fourth-order valence-electron chi connectivity index (χ4n) is 2.13. The zero-order chi connectivity index (χ0) is 12.3. The third-order valence-electron chi connectivity index (χ3n) is 3.08. The highest BCUT2D eigenvalue weighted by atomic mass is 79.9. The molecule has 1 aromatic rings. The van der Waals surface area contributed by atoms with Gasteiger partial charge >= 0.3 is 0 Å². The third kappa shape index (κ3) is 3.19. The maximum Gasteiger partial charge on any atom is 0.129 e. The Morgan fingerprint density at radius 3 is 3.06 bits per heavy atom. The minimum Gasteiger partial charge on any atom is -0.375 e. The topological polar surface area (TPSA) is 25.4 Å². The van der Waals surface area contributed by atoms with E-state index < -0.39 is 0 Å². The van der Waals surface area contributed by atoms with Gasteiger partial charge in [-0.1, -0.05) is 13.3 Å². The van der Waals surface area contributed by atoms with E-state index in [0.717, 1.165) is 42.1 Å². The van der Waals surface area contributed by atoms with Crippen molar-refractivity contribution in [1.82, 2.24) is 4.98 Å². The third-order valence-corrected chi connectivity index (χ3v) is 3.92. The van der Waals surface area contributed by atoms with Crippen molar-refractivity contribution in [2.24, 2.45) is 0 Å². The van der Waals surface area contributed by atoms with E-state index in [4.69, 9.17) is 4.74 Å². The van der Waals surface area contributed by atoms with Crippen LogP contribution >= 0.6 is 15.9 Å². The lowest BCUT2D eigenvalue weighted by atomic mass is 10.1. The average molecular weight is 299 g/mol. The molecular formula is C13H19BrN2O. The Balaban J connectivity index is 2.08. The first kappa shape index (κ1) is 12.8. The summed E-state index contributed by atoms with van der Waals surface area (Å²) in [6, 6.07) is 4.15. The van der Waals surface area contributed by atoms with E-state index in [1.807, 2.05) is 6.92 Å². The molecule has 1 atom stereocenters. The van der Waals surface area contributed by atoms with E-state index in [2.05, 4.69) is 44.9 Å². The number of hydrogen-bond acceptors (Lipinski definition) is 3. The minimum atomic E-state index is 0.361. The summed E-state index contributed by atoms with van der Waals surface area (Å²) in [5.41, 5.74) is 1.04. The van der Waals surface area contributed by atoms with Crippen molar-refractivity contribution in [2.75, 3.05) is 24.6 Å². The van der Waals surface area contributed by atoms with Crippen LogP contribution in [-0.4, -0.2) is 30.8 Å². The lowest BCUT2D eigenvalue weighted by Gasteiger charge is -2.33. The molecular weight excluding hydrogens is 280 g/mol. The number of hydrogen-bond donors (Lipinski definition) is 0. The fourth-order valence-corrected chi connectivity index (χ4v) is 2.35. The molecule has 4 heteroatoms. The van der Waals surface area contributed by atoms with Gasteiger partial charge in [0.2, 0.25) is 0 Å². The van der Waals surface area contributed by atoms with Crippen LogP contribution in [-0.2, 0) is 4.74 Å². The summed E-state index contributed by atoms with van der Waals surface area (Å²) >= 11 is 3.48. The molecule has 17 heavy (non-hydrogen) atoms. The summed E-state index contributed by atoms with van der Waals surface area (Å²) in [5.74, 6) is 1.06. The number of rotatable bonds is 3. The number of ether oxygens (including phenoxy) is 1. The highest BCUT2D eigenvalue weighted by molar-refractivity contribution is 9.10. The van der Waals surface area contributed by atoms with Crippen molar-refractivity contribution in [1.29, 1.82) is 0 Å². The van der Waals surface area contributed by atoms with Crippen molar-refractivity contribution < 1.29 is 4.74 Å². The van der Waals surface area contributed by atoms with E-state index >= 15 is 0 Å². The Kier molecular flexibility index (Phi) is 4.40. The molecule has 0 aromatic carbocycles. The van der Waals surface area contributed by atoms with Gasteiger partial charge in [-0.25, -0.2) is 4.98 Å². The van der Waals surface area contributed by atoms with Crippen molar-refractivity contribution >= 4 is 21.7 Å². The monoisotopic (exact) mass is 298 g/mol. The Hall–Kier alpha value is -0.610. The second kappa shape index (κ2) is 5.83. The maximum atomic E-state index is 5.75. The standard InChI is InChI=1S/C13H19BrN2O/c1-3-4-11-9-16(7-8-17-11)13-6-5-12(14)10(2)15-13/h5-6,11H,3-4,7-9H2,1-2H3. The summed E-state index contributed by atoms with van der Waals surface area (Å²) in [4.78, 5) is 6.94. The highest BCUT2D eigenvalue weighted by Crippen LogP contribution is 2.21. The normalized spacial score (nSPS) is 20.6. The molecule has 0 radical (unpaired) electrons. The van der Waals surface area contributed by atoms with Gasteiger partial charge < -0.3 is 9.64 Å². The average Bonchev–Trinajstić information content (AvgIpc) is 2.33. The van der Waals surface area contributed by atoms with Crippen molar-refractivity contribution in [3.63, 3.8) is 0 Å². The quantitative estimate of drug-likeness (QED) is 0.857. The Morgan fingerprint density at radius 1 is 1.53 bits per heavy atom. The van der Waals surface area contributed by atoms with Crippen molar-refractivity contribution in [3.05, 3.63) is 22.3 Å². The molecule has 2 rings (SSSR count). The molecule has 94 valence electrons. The molecule has 1 unspecified atom stereocenters. The number of pyridine rings is 1. The smallest absolute Gasteiger partial charge is 0.129 e. The summed E-state index contributed by atoms with van der Waals surface area (Å²) in [7, 11) is 0. The van der Waals surface area contributed by atoms with Crippen LogP contribution in [0.25, 0.3) is 0 Å². The van der Waals surface area contributed by atoms with E-state index in [1.165, 1.54) is 6.42 Å². The van der Waals surface area contributed by atoms with E-state index in [9.17, 15) is 0 Å². The van der Waals surface area contributed by atoms with Crippen LogP contribution in [0.3, 0.4) is 0 Å². The molecule has 1 aromatic heterocycles. The molecule has 3 nitrogen and oxygen atoms in total. The van der Waals surface area contributed by atoms with Crippen LogP contribution in [0.5, 0.6) is 0 Å². The predicted molar refractivity (Wildman–Crippen MR) is 73.5 cm³/mol. The molecule has 2 heterocycles. The summed E-state index contributed by atoms with van der Waals surface area (Å²) < 4.78 is 6.81. The number of aryl methyl sites for hydroxylation is 1. The molecule has 1 fully saturated rings. The second-order valence-electron chi connectivity index (χ2n) is 4.46. The maximum absolute atomic E-state index is 5.75. The summed E-state index contributed by atoms with van der Waals surface area (Å²) in [5, 5.41) is 0. The van der Waals surface area contributed by atoms with Crippen molar-refractivity contribution in [3.8, 4) is 0 Å². The first-order valence-electron chi connectivity index (χ1n) is 6.20. The van der Waals surface area contributed by atoms with Crippen LogP contribution in [0.15, 0.2) is 16.6 Å². The lowest BCUT2D eigenvalue weighted by Crippen LogP contribution is -2.42. The molecule has 0 amide bonds. The van der Waals surface area contributed by atoms with Crippen LogP contribution in [0.2, 0.25) is 0 Å². The van der Waals surface area contributed by atoms with E-state index in [0.29, 0.717) is 6.10 Å². The van der Waals surface area contributed by atoms with Gasteiger partial charge in [0.1, 0.15) is 5.82 Å². The first-order valence-corrected chi connectivity index (χ1v) is 6.99. The molecule has 0 aliphatic carbocycles. The van der Waals surface area contributed by atoms with Gasteiger partial charge in [0.05, 0.1) is 18.4 Å². The number of halogens is 1. The van der Waals surface area contributed by atoms with Crippen LogP contribution in [0.1, 0.15) is 25.5 Å². The highest BCUT2D eigenvalue weighted by Gasteiger charge is 2.20. The molecule has 1 saturated heterocycles. The molecule has 0 bridgehead atoms. The Morgan fingerprint density at radius 2 is 2.35 bits per heavy atom. The summed E-state index contributed by atoms with van der Waals surface area (Å²) in [6.07, 6.45) is 2.66. The molecule has 0 spiro atoms. The molecule has 1 aliphatic rings. The molecule has 1 aliphatic heterocycles. The van der Waals surface area contributed by atoms with Gasteiger partial charge in [-0.05, 0) is 41.4 Å². The second-order valence-corrected chi connectivity index (χ2v) is 5.32. The Labute approximate surface area is 111 Å². The van der Waals surface area contributed by atoms with Crippen LogP contribution in [0, 0.1) is 6.92 Å². The van der Waals surface area contributed by atoms with E-state index in [1.54, 1.807) is 0 Å². The van der Waals surface area contributed by atoms with Crippen molar-refractivity contribution in [2.45, 2.75) is 32.8 Å². The van der Waals surface area contributed by atoms with Gasteiger partial charge in [-0.15, -0.1) is 0 Å². The minimum absolute atomic E-state index is 0.361. The summed E-state index contributed by atoms with van der Waals surface area (Å²) in [6.45, 7) is 6.93. The predicted octanol–water partition coefficient (Wildman–Crippen LogP) is 3.16. The zero-order valence-corrected chi connectivity index (χ0v) is 12.0. The van der Waals surface area contributed by atoms with Gasteiger partial charge in [0.25, 0.3) is 0 Å². The van der Waals surface area contributed by atoms with Crippen LogP contribution < -0.4 is 4.90 Å². The fraction of sp³-hybridized carbons (Fsp3) is 0.615. The van der Waals surface area contributed by atoms with E-state index in [-0.39, 0.29) is 0 Å². The van der Waals surface area contributed by atoms with Gasteiger partial charge in [-0.3, -0.25) is 0 Å². The van der Waals surface area contributed by atoms with Crippen LogP contribution in [0.4, 0.5) is 5.82 Å². The van der Waals surface area contributed by atoms with Gasteiger partial charge in [0.15, 0.2) is 0 Å². The molecule has 0 saturated carbocycles. The lowest BCUT2D eigenvalue weighted by molar-refractivity contribution is 0.0345. The zero-order valence-electron chi connectivity index (χ0n) is 10.4. The number of anilines is 1. The largest absolute Gasteiger partial charge is 0.375 e. The number of aromatic nitrogens is 1. The Bertz CT molecular complexity index is 382. The number of morpholine rings is 1. The molecule has 0 N–H and O–H groups in total. The number of nitrogens with zero attached hydrogens (tertiary/aromatic N) is 2. The van der Waals surface area contributed by atoms with Gasteiger partial charge in [0, 0.05) is 17.6 Å². The first-order chi connectivity index (χ1) is 8.20.